The molecule has 154 valence electrons. The summed E-state index contributed by atoms with van der Waals surface area (Å²) in [6.07, 6.45) is 1.81. The Hall–Kier alpha value is -2.93. The van der Waals surface area contributed by atoms with Crippen LogP contribution in [0.2, 0.25) is 0 Å². The van der Waals surface area contributed by atoms with Crippen molar-refractivity contribution in [2.45, 2.75) is 24.9 Å². The van der Waals surface area contributed by atoms with Gasteiger partial charge in [0.15, 0.2) is 0 Å². The minimum Gasteiger partial charge on any atom is -0.453 e. The normalized spacial score (nSPS) is 19.2. The van der Waals surface area contributed by atoms with Gasteiger partial charge in [-0.3, -0.25) is 4.79 Å². The van der Waals surface area contributed by atoms with Crippen molar-refractivity contribution in [2.75, 3.05) is 19.4 Å². The van der Waals surface area contributed by atoms with Crippen LogP contribution in [0.25, 0.3) is 11.3 Å². The molecular weight excluding hydrogens is 401 g/mol. The van der Waals surface area contributed by atoms with E-state index >= 15 is 0 Å². The van der Waals surface area contributed by atoms with Crippen LogP contribution in [-0.2, 0) is 9.53 Å². The van der Waals surface area contributed by atoms with Crippen molar-refractivity contribution in [3.8, 4) is 17.3 Å². The highest BCUT2D eigenvalue weighted by Gasteiger charge is 2.40. The summed E-state index contributed by atoms with van der Waals surface area (Å²) in [6.45, 7) is 0.268. The highest BCUT2D eigenvalue weighted by molar-refractivity contribution is 7.80. The topological polar surface area (TPSA) is 111 Å². The summed E-state index contributed by atoms with van der Waals surface area (Å²) >= 11 is 4.19. The van der Waals surface area contributed by atoms with E-state index in [1.165, 1.54) is 7.11 Å². The fraction of sp³-hybridized carbons (Fsp3) is 0.400. The number of hydrogen-bond donors (Lipinski definition) is 3. The Kier molecular flexibility index (Phi) is 7.05. The molecule has 1 aromatic heterocycles. The summed E-state index contributed by atoms with van der Waals surface area (Å²) in [6, 6.07) is 8.41. The maximum Gasteiger partial charge on any atom is 0.407 e. The van der Waals surface area contributed by atoms with E-state index in [-0.39, 0.29) is 18.4 Å². The molecule has 0 unspecified atom stereocenters. The Bertz CT molecular complexity index is 943. The van der Waals surface area contributed by atoms with Crippen molar-refractivity contribution in [1.29, 1.82) is 5.26 Å². The number of hydrogen-bond acceptors (Lipinski definition) is 6. The Morgan fingerprint density at radius 2 is 2.20 bits per heavy atom. The molecule has 2 aromatic rings. The molecule has 3 atom stereocenters. The van der Waals surface area contributed by atoms with Gasteiger partial charge in [0, 0.05) is 6.54 Å². The van der Waals surface area contributed by atoms with E-state index in [2.05, 4.69) is 38.7 Å². The van der Waals surface area contributed by atoms with Crippen LogP contribution >= 0.6 is 12.6 Å². The van der Waals surface area contributed by atoms with Gasteiger partial charge in [-0.05, 0) is 24.2 Å². The Morgan fingerprint density at radius 1 is 1.47 bits per heavy atom. The number of ether oxygens (including phenoxy) is 1. The molecule has 1 aliphatic rings. The van der Waals surface area contributed by atoms with E-state index in [1.54, 1.807) is 23.2 Å². The van der Waals surface area contributed by atoms with Gasteiger partial charge in [0.05, 0.1) is 37.0 Å². The van der Waals surface area contributed by atoms with Crippen molar-refractivity contribution in [2.24, 2.45) is 5.92 Å². The molecule has 30 heavy (non-hydrogen) atoms. The molecule has 0 bridgehead atoms. The Balaban J connectivity index is 1.85. The number of imidazole rings is 1. The van der Waals surface area contributed by atoms with E-state index in [0.717, 1.165) is 11.3 Å². The largest absolute Gasteiger partial charge is 0.453 e. The molecule has 0 aliphatic carbocycles. The van der Waals surface area contributed by atoms with E-state index in [9.17, 15) is 14.9 Å². The van der Waals surface area contributed by atoms with E-state index in [0.29, 0.717) is 29.9 Å². The molecule has 2 N–H and O–H groups in total. The Labute approximate surface area is 181 Å². The zero-order valence-electron chi connectivity index (χ0n) is 16.5. The summed E-state index contributed by atoms with van der Waals surface area (Å²) in [5.74, 6) is 0.389. The highest BCUT2D eigenvalue weighted by atomic mass is 32.1. The van der Waals surface area contributed by atoms with E-state index in [4.69, 9.17) is 7.85 Å². The first-order valence-electron chi connectivity index (χ1n) is 9.53. The lowest BCUT2D eigenvalue weighted by atomic mass is 9.95. The number of nitrogens with one attached hydrogen (secondary N) is 2. The van der Waals surface area contributed by atoms with Gasteiger partial charge in [0.25, 0.3) is 0 Å². The van der Waals surface area contributed by atoms with Crippen molar-refractivity contribution < 1.29 is 14.3 Å². The van der Waals surface area contributed by atoms with Gasteiger partial charge in [-0.25, -0.2) is 9.78 Å². The second-order valence-electron chi connectivity index (χ2n) is 7.07. The third-order valence-corrected chi connectivity index (χ3v) is 5.35. The van der Waals surface area contributed by atoms with Crippen LogP contribution in [-0.4, -0.2) is 60.2 Å². The van der Waals surface area contributed by atoms with Crippen molar-refractivity contribution >= 4 is 37.9 Å². The first-order valence-corrected chi connectivity index (χ1v) is 10.2. The second kappa shape index (κ2) is 9.72. The zero-order chi connectivity index (χ0) is 21.7. The molecule has 10 heteroatoms. The van der Waals surface area contributed by atoms with Crippen molar-refractivity contribution in [1.82, 2.24) is 20.2 Å². The molecule has 2 amide bonds. The average molecular weight is 423 g/mol. The molecule has 2 heterocycles. The summed E-state index contributed by atoms with van der Waals surface area (Å²) in [5.41, 5.74) is 2.37. The van der Waals surface area contributed by atoms with E-state index < -0.39 is 18.2 Å². The number of rotatable bonds is 6. The SMILES string of the molecule is [B]c1ccc(-c2cnc([C@@H]3C[C@H](C#N)CN3C(=O)[C@H](CCS)NC(=O)OC)[nH]2)cc1. The lowest BCUT2D eigenvalue weighted by Gasteiger charge is -2.27. The molecular formula is C20H22BN5O3S. The predicted octanol–water partition coefficient (Wildman–Crippen LogP) is 1.33. The van der Waals surface area contributed by atoms with Gasteiger partial charge in [-0.1, -0.05) is 29.7 Å². The minimum absolute atomic E-state index is 0.268. The zero-order valence-corrected chi connectivity index (χ0v) is 17.4. The van der Waals surface area contributed by atoms with Crippen LogP contribution in [0.3, 0.4) is 0 Å². The third-order valence-electron chi connectivity index (χ3n) is 5.09. The quantitative estimate of drug-likeness (QED) is 0.480. The number of alkyl carbamates (subject to hydrolysis) is 1. The summed E-state index contributed by atoms with van der Waals surface area (Å²) < 4.78 is 4.63. The predicted molar refractivity (Wildman–Crippen MR) is 115 cm³/mol. The van der Waals surface area contributed by atoms with Crippen LogP contribution in [0.4, 0.5) is 4.79 Å². The van der Waals surface area contributed by atoms with Crippen molar-refractivity contribution in [3.05, 3.63) is 36.3 Å². The number of nitriles is 1. The lowest BCUT2D eigenvalue weighted by molar-refractivity contribution is -0.134. The van der Waals surface area contributed by atoms with Crippen LogP contribution in [0.5, 0.6) is 0 Å². The van der Waals surface area contributed by atoms with Gasteiger partial charge < -0.3 is 19.9 Å². The fourth-order valence-electron chi connectivity index (χ4n) is 3.54. The Morgan fingerprint density at radius 3 is 2.83 bits per heavy atom. The molecule has 0 saturated carbocycles. The molecule has 1 fully saturated rings. The number of H-pyrrole nitrogens is 1. The number of nitrogens with zero attached hydrogens (tertiary/aromatic N) is 3. The third kappa shape index (κ3) is 4.79. The molecule has 2 radical (unpaired) electrons. The van der Waals surface area contributed by atoms with Crippen LogP contribution in [0.15, 0.2) is 30.5 Å². The van der Waals surface area contributed by atoms with Gasteiger partial charge >= 0.3 is 6.09 Å². The van der Waals surface area contributed by atoms with Crippen LogP contribution in [0.1, 0.15) is 24.7 Å². The van der Waals surface area contributed by atoms with Gasteiger partial charge in [0.2, 0.25) is 5.91 Å². The van der Waals surface area contributed by atoms with Crippen molar-refractivity contribution in [3.63, 3.8) is 0 Å². The maximum atomic E-state index is 13.2. The molecule has 1 saturated heterocycles. The smallest absolute Gasteiger partial charge is 0.407 e. The summed E-state index contributed by atoms with van der Waals surface area (Å²) in [4.78, 5) is 34.2. The van der Waals surface area contributed by atoms with Gasteiger partial charge in [-0.2, -0.15) is 17.9 Å². The fourth-order valence-corrected chi connectivity index (χ4v) is 3.79. The minimum atomic E-state index is -0.790. The van der Waals surface area contributed by atoms with Crippen LogP contribution < -0.4 is 10.8 Å². The first-order chi connectivity index (χ1) is 14.5. The molecule has 0 spiro atoms. The second-order valence-corrected chi connectivity index (χ2v) is 7.52. The molecule has 3 rings (SSSR count). The number of aromatic amines is 1. The number of thiol groups is 1. The first kappa shape index (κ1) is 21.8. The monoisotopic (exact) mass is 423 g/mol. The number of likely N-dealkylation sites (tertiary alicyclic amines) is 1. The highest BCUT2D eigenvalue weighted by Crippen LogP contribution is 2.35. The lowest BCUT2D eigenvalue weighted by Crippen LogP contribution is -2.48. The number of carbonyl (C=O) groups excluding carboxylic acids is 2. The molecule has 1 aliphatic heterocycles. The van der Waals surface area contributed by atoms with Gasteiger partial charge in [0.1, 0.15) is 19.7 Å². The number of amides is 2. The number of benzene rings is 1. The summed E-state index contributed by atoms with van der Waals surface area (Å²) in [5, 5.41) is 12.0. The average Bonchev–Trinajstić information content (AvgIpc) is 3.40. The maximum absolute atomic E-state index is 13.2. The number of methoxy groups -OCH3 is 1. The number of carbonyl (C=O) groups is 2. The van der Waals surface area contributed by atoms with E-state index in [1.807, 2.05) is 12.1 Å². The van der Waals surface area contributed by atoms with Crippen LogP contribution in [0, 0.1) is 17.2 Å². The summed E-state index contributed by atoms with van der Waals surface area (Å²) in [7, 11) is 6.98. The number of aromatic nitrogens is 2. The standard InChI is InChI=1S/C20H22BN5O3S/c1-29-20(28)25-15(6-7-30)19(27)26-11-12(9-22)8-17(26)18-23-10-16(24-18)13-2-4-14(21)5-3-13/h2-5,10,12,15,17,30H,6-8,11H2,1H3,(H,23,24)(H,25,28)/t12-,15+,17+/m1/s1. The van der Waals surface area contributed by atoms with Gasteiger partial charge in [-0.15, -0.1) is 0 Å². The molecule has 1 aromatic carbocycles. The molecule has 8 nitrogen and oxygen atoms in total.